The number of nitriles is 1. The van der Waals surface area contributed by atoms with Crippen LogP contribution in [0.4, 0.5) is 5.69 Å². The van der Waals surface area contributed by atoms with Crippen molar-refractivity contribution in [3.8, 4) is 6.07 Å². The van der Waals surface area contributed by atoms with E-state index in [1.807, 2.05) is 6.07 Å². The predicted molar refractivity (Wildman–Crippen MR) is 88.4 cm³/mol. The van der Waals surface area contributed by atoms with Gasteiger partial charge in [-0.15, -0.1) is 0 Å². The van der Waals surface area contributed by atoms with E-state index in [-0.39, 0.29) is 31.3 Å². The summed E-state index contributed by atoms with van der Waals surface area (Å²) >= 11 is 0. The van der Waals surface area contributed by atoms with Gasteiger partial charge in [0.1, 0.15) is 6.61 Å². The number of imide groups is 1. The summed E-state index contributed by atoms with van der Waals surface area (Å²) in [5.41, 5.74) is 1.83. The SMILES string of the molecule is N#Cc1ccccc1COC(=O)c1ccc(N2C(=O)CCC2=O)cc1. The molecule has 0 radical (unpaired) electrons. The third-order valence-corrected chi connectivity index (χ3v) is 3.91. The van der Waals surface area contributed by atoms with Crippen LogP contribution in [0.15, 0.2) is 48.5 Å². The lowest BCUT2D eigenvalue weighted by Crippen LogP contribution is -2.28. The highest BCUT2D eigenvalue weighted by Gasteiger charge is 2.30. The summed E-state index contributed by atoms with van der Waals surface area (Å²) in [6.07, 6.45) is 0.419. The maximum absolute atomic E-state index is 12.1. The molecule has 1 heterocycles. The highest BCUT2D eigenvalue weighted by Crippen LogP contribution is 2.23. The standard InChI is InChI=1S/C19H14N2O4/c20-11-14-3-1-2-4-15(14)12-25-19(24)13-5-7-16(8-6-13)21-17(22)9-10-18(21)23/h1-8H,9-10,12H2. The van der Waals surface area contributed by atoms with E-state index in [1.165, 1.54) is 12.1 Å². The molecule has 2 aromatic rings. The molecule has 0 N–H and O–H groups in total. The van der Waals surface area contributed by atoms with E-state index in [1.54, 1.807) is 36.4 Å². The molecule has 0 aromatic heterocycles. The Morgan fingerprint density at radius 3 is 2.32 bits per heavy atom. The first-order valence-electron chi connectivity index (χ1n) is 7.71. The quantitative estimate of drug-likeness (QED) is 0.633. The molecular formula is C19H14N2O4. The van der Waals surface area contributed by atoms with Crippen molar-refractivity contribution in [2.75, 3.05) is 4.90 Å². The van der Waals surface area contributed by atoms with Gasteiger partial charge in [-0.25, -0.2) is 4.79 Å². The van der Waals surface area contributed by atoms with E-state index in [9.17, 15) is 14.4 Å². The van der Waals surface area contributed by atoms with Crippen molar-refractivity contribution in [3.05, 3.63) is 65.2 Å². The van der Waals surface area contributed by atoms with Gasteiger partial charge < -0.3 is 4.74 Å². The molecule has 2 aromatic carbocycles. The van der Waals surface area contributed by atoms with E-state index >= 15 is 0 Å². The van der Waals surface area contributed by atoms with Crippen molar-refractivity contribution >= 4 is 23.5 Å². The number of ether oxygens (including phenoxy) is 1. The first kappa shape index (κ1) is 16.4. The molecule has 1 fully saturated rings. The molecule has 6 nitrogen and oxygen atoms in total. The average molecular weight is 334 g/mol. The van der Waals surface area contributed by atoms with Gasteiger partial charge in [-0.05, 0) is 30.3 Å². The van der Waals surface area contributed by atoms with E-state index in [2.05, 4.69) is 0 Å². The molecule has 0 unspecified atom stereocenters. The lowest BCUT2D eigenvalue weighted by atomic mass is 10.1. The van der Waals surface area contributed by atoms with E-state index in [4.69, 9.17) is 10.00 Å². The zero-order valence-corrected chi connectivity index (χ0v) is 13.3. The molecule has 0 aliphatic carbocycles. The van der Waals surface area contributed by atoms with Crippen LogP contribution in [0.3, 0.4) is 0 Å². The summed E-state index contributed by atoms with van der Waals surface area (Å²) in [6, 6.07) is 15.0. The first-order valence-corrected chi connectivity index (χ1v) is 7.71. The maximum atomic E-state index is 12.1. The molecule has 124 valence electrons. The predicted octanol–water partition coefficient (Wildman–Crippen LogP) is 2.57. The third-order valence-electron chi connectivity index (χ3n) is 3.91. The van der Waals surface area contributed by atoms with Gasteiger partial charge in [-0.2, -0.15) is 5.26 Å². The van der Waals surface area contributed by atoms with Gasteiger partial charge in [0, 0.05) is 18.4 Å². The maximum Gasteiger partial charge on any atom is 0.338 e. The molecule has 2 amide bonds. The number of anilines is 1. The Morgan fingerprint density at radius 1 is 1.04 bits per heavy atom. The minimum Gasteiger partial charge on any atom is -0.457 e. The molecule has 1 saturated heterocycles. The summed E-state index contributed by atoms with van der Waals surface area (Å²) in [5, 5.41) is 9.03. The number of carbonyl (C=O) groups is 3. The van der Waals surface area contributed by atoms with Crippen LogP contribution >= 0.6 is 0 Å². The summed E-state index contributed by atoms with van der Waals surface area (Å²) in [4.78, 5) is 36.7. The van der Waals surface area contributed by atoms with Crippen molar-refractivity contribution < 1.29 is 19.1 Å². The van der Waals surface area contributed by atoms with Crippen molar-refractivity contribution in [2.45, 2.75) is 19.4 Å². The van der Waals surface area contributed by atoms with Crippen LogP contribution in [0.2, 0.25) is 0 Å². The number of nitrogens with zero attached hydrogens (tertiary/aromatic N) is 2. The van der Waals surface area contributed by atoms with Gasteiger partial charge in [0.25, 0.3) is 0 Å². The van der Waals surface area contributed by atoms with Crippen molar-refractivity contribution in [1.29, 1.82) is 5.26 Å². The summed E-state index contributed by atoms with van der Waals surface area (Å²) in [6.45, 7) is -0.00653. The zero-order chi connectivity index (χ0) is 17.8. The van der Waals surface area contributed by atoms with Crippen LogP contribution < -0.4 is 4.90 Å². The Balaban J connectivity index is 1.68. The largest absolute Gasteiger partial charge is 0.457 e. The Labute approximate surface area is 144 Å². The summed E-state index contributed by atoms with van der Waals surface area (Å²) in [7, 11) is 0. The van der Waals surface area contributed by atoms with Gasteiger partial charge in [-0.3, -0.25) is 14.5 Å². The number of rotatable bonds is 4. The number of esters is 1. The molecule has 25 heavy (non-hydrogen) atoms. The average Bonchev–Trinajstić information content (AvgIpc) is 2.98. The molecular weight excluding hydrogens is 320 g/mol. The summed E-state index contributed by atoms with van der Waals surface area (Å²) in [5.74, 6) is -1.03. The van der Waals surface area contributed by atoms with Crippen molar-refractivity contribution in [3.63, 3.8) is 0 Å². The second kappa shape index (κ2) is 6.97. The van der Waals surface area contributed by atoms with Crippen LogP contribution in [0.5, 0.6) is 0 Å². The zero-order valence-electron chi connectivity index (χ0n) is 13.3. The Hall–Kier alpha value is -3.46. The van der Waals surface area contributed by atoms with Crippen LogP contribution in [0, 0.1) is 11.3 Å². The molecule has 0 saturated carbocycles. The molecule has 1 aliphatic heterocycles. The Morgan fingerprint density at radius 2 is 1.68 bits per heavy atom. The smallest absolute Gasteiger partial charge is 0.338 e. The summed E-state index contributed by atoms with van der Waals surface area (Å²) < 4.78 is 5.23. The minimum absolute atomic E-state index is 0.00653. The molecule has 6 heteroatoms. The van der Waals surface area contributed by atoms with Crippen molar-refractivity contribution in [2.24, 2.45) is 0 Å². The molecule has 0 bridgehead atoms. The minimum atomic E-state index is -0.543. The second-order valence-electron chi connectivity index (χ2n) is 5.51. The van der Waals surface area contributed by atoms with E-state index in [0.717, 1.165) is 4.90 Å². The number of hydrogen-bond acceptors (Lipinski definition) is 5. The Bertz CT molecular complexity index is 865. The monoisotopic (exact) mass is 334 g/mol. The topological polar surface area (TPSA) is 87.5 Å². The number of carbonyl (C=O) groups excluding carboxylic acids is 3. The highest BCUT2D eigenvalue weighted by molar-refractivity contribution is 6.19. The van der Waals surface area contributed by atoms with Crippen LogP contribution in [-0.4, -0.2) is 17.8 Å². The molecule has 0 atom stereocenters. The molecule has 0 spiro atoms. The van der Waals surface area contributed by atoms with Crippen LogP contribution in [0.1, 0.15) is 34.3 Å². The fraction of sp³-hybridized carbons (Fsp3) is 0.158. The van der Waals surface area contributed by atoms with E-state index < -0.39 is 5.97 Å². The normalized spacial score (nSPS) is 13.6. The lowest BCUT2D eigenvalue weighted by molar-refractivity contribution is -0.121. The van der Waals surface area contributed by atoms with Gasteiger partial charge >= 0.3 is 5.97 Å². The molecule has 1 aliphatic rings. The van der Waals surface area contributed by atoms with Gasteiger partial charge in [0.2, 0.25) is 11.8 Å². The van der Waals surface area contributed by atoms with Crippen molar-refractivity contribution in [1.82, 2.24) is 0 Å². The number of amides is 2. The van der Waals surface area contributed by atoms with E-state index in [0.29, 0.717) is 22.4 Å². The number of benzene rings is 2. The second-order valence-corrected chi connectivity index (χ2v) is 5.51. The van der Waals surface area contributed by atoms with Crippen LogP contribution in [-0.2, 0) is 20.9 Å². The van der Waals surface area contributed by atoms with Gasteiger partial charge in [0.05, 0.1) is 22.9 Å². The highest BCUT2D eigenvalue weighted by atomic mass is 16.5. The third kappa shape index (κ3) is 3.40. The lowest BCUT2D eigenvalue weighted by Gasteiger charge is -2.14. The van der Waals surface area contributed by atoms with Gasteiger partial charge in [0.15, 0.2) is 0 Å². The first-order chi connectivity index (χ1) is 12.1. The number of hydrogen-bond donors (Lipinski definition) is 0. The Kier molecular flexibility index (Phi) is 4.57. The van der Waals surface area contributed by atoms with Crippen LogP contribution in [0.25, 0.3) is 0 Å². The fourth-order valence-electron chi connectivity index (χ4n) is 2.59. The van der Waals surface area contributed by atoms with Gasteiger partial charge in [-0.1, -0.05) is 18.2 Å². The molecule has 3 rings (SSSR count). The fourth-order valence-corrected chi connectivity index (χ4v) is 2.59.